The third kappa shape index (κ3) is 4.45. The summed E-state index contributed by atoms with van der Waals surface area (Å²) in [5.74, 6) is 0.930. The summed E-state index contributed by atoms with van der Waals surface area (Å²) in [6, 6.07) is 8.80. The molecule has 90 valence electrons. The number of rotatable bonds is 6. The van der Waals surface area contributed by atoms with Crippen molar-refractivity contribution in [2.45, 2.75) is 36.5 Å². The van der Waals surface area contributed by atoms with E-state index in [2.05, 4.69) is 31.3 Å². The standard InChI is InChI=1S/C13H21NOS/c1-10(14-3)8-11(2)16-13-7-5-6-12(9-13)15-4/h5-7,9-11,14H,8H2,1-4H3. The average molecular weight is 239 g/mol. The summed E-state index contributed by atoms with van der Waals surface area (Å²) in [5.41, 5.74) is 0. The molecule has 0 saturated heterocycles. The molecule has 0 heterocycles. The van der Waals surface area contributed by atoms with Gasteiger partial charge >= 0.3 is 0 Å². The molecule has 1 aromatic rings. The van der Waals surface area contributed by atoms with Crippen molar-refractivity contribution < 1.29 is 4.74 Å². The Labute approximate surface area is 103 Å². The Morgan fingerprint density at radius 3 is 2.75 bits per heavy atom. The van der Waals surface area contributed by atoms with E-state index in [1.165, 1.54) is 11.3 Å². The normalized spacial score (nSPS) is 14.5. The second kappa shape index (κ2) is 6.81. The number of methoxy groups -OCH3 is 1. The molecule has 1 aromatic carbocycles. The van der Waals surface area contributed by atoms with Gasteiger partial charge < -0.3 is 10.1 Å². The van der Waals surface area contributed by atoms with E-state index in [9.17, 15) is 0 Å². The monoisotopic (exact) mass is 239 g/mol. The third-order valence-electron chi connectivity index (χ3n) is 2.56. The highest BCUT2D eigenvalue weighted by Crippen LogP contribution is 2.28. The van der Waals surface area contributed by atoms with Crippen LogP contribution in [0, 0.1) is 0 Å². The van der Waals surface area contributed by atoms with Gasteiger partial charge in [-0.3, -0.25) is 0 Å². The van der Waals surface area contributed by atoms with Crippen LogP contribution >= 0.6 is 11.8 Å². The van der Waals surface area contributed by atoms with Crippen molar-refractivity contribution in [1.29, 1.82) is 0 Å². The highest BCUT2D eigenvalue weighted by Gasteiger charge is 2.08. The number of hydrogen-bond donors (Lipinski definition) is 1. The number of ether oxygens (including phenoxy) is 1. The van der Waals surface area contributed by atoms with Gasteiger partial charge in [0.1, 0.15) is 5.75 Å². The van der Waals surface area contributed by atoms with Gasteiger partial charge in [0.05, 0.1) is 7.11 Å². The maximum Gasteiger partial charge on any atom is 0.119 e. The molecule has 0 spiro atoms. The fourth-order valence-electron chi connectivity index (χ4n) is 1.57. The van der Waals surface area contributed by atoms with E-state index >= 15 is 0 Å². The van der Waals surface area contributed by atoms with E-state index in [1.54, 1.807) is 7.11 Å². The minimum Gasteiger partial charge on any atom is -0.497 e. The lowest BCUT2D eigenvalue weighted by molar-refractivity contribution is 0.413. The van der Waals surface area contributed by atoms with Crippen molar-refractivity contribution in [1.82, 2.24) is 5.32 Å². The van der Waals surface area contributed by atoms with Crippen LogP contribution in [0.15, 0.2) is 29.2 Å². The lowest BCUT2D eigenvalue weighted by Gasteiger charge is -2.16. The molecule has 2 nitrogen and oxygen atoms in total. The van der Waals surface area contributed by atoms with Gasteiger partial charge in [0.25, 0.3) is 0 Å². The molecular weight excluding hydrogens is 218 g/mol. The first-order valence-electron chi connectivity index (χ1n) is 5.63. The molecule has 0 aliphatic heterocycles. The van der Waals surface area contributed by atoms with E-state index in [1.807, 2.05) is 30.9 Å². The molecule has 0 aromatic heterocycles. The minimum atomic E-state index is 0.563. The molecule has 1 N–H and O–H groups in total. The molecule has 0 radical (unpaired) electrons. The Kier molecular flexibility index (Phi) is 5.71. The first-order valence-corrected chi connectivity index (χ1v) is 6.51. The average Bonchev–Trinajstić information content (AvgIpc) is 2.28. The molecule has 0 aliphatic rings. The van der Waals surface area contributed by atoms with Crippen molar-refractivity contribution in [2.24, 2.45) is 0 Å². The zero-order valence-electron chi connectivity index (χ0n) is 10.5. The topological polar surface area (TPSA) is 21.3 Å². The molecule has 0 amide bonds. The van der Waals surface area contributed by atoms with E-state index in [4.69, 9.17) is 4.74 Å². The van der Waals surface area contributed by atoms with E-state index in [0.29, 0.717) is 11.3 Å². The van der Waals surface area contributed by atoms with E-state index < -0.39 is 0 Å². The third-order valence-corrected chi connectivity index (χ3v) is 3.68. The maximum atomic E-state index is 5.21. The summed E-state index contributed by atoms with van der Waals surface area (Å²) in [5, 5.41) is 3.87. The van der Waals surface area contributed by atoms with Crippen LogP contribution in [0.1, 0.15) is 20.3 Å². The fraction of sp³-hybridized carbons (Fsp3) is 0.538. The quantitative estimate of drug-likeness (QED) is 0.770. The molecule has 2 unspecified atom stereocenters. The van der Waals surface area contributed by atoms with E-state index in [-0.39, 0.29) is 0 Å². The van der Waals surface area contributed by atoms with Crippen molar-refractivity contribution in [3.8, 4) is 5.75 Å². The molecule has 0 saturated carbocycles. The van der Waals surface area contributed by atoms with Crippen LogP contribution < -0.4 is 10.1 Å². The van der Waals surface area contributed by atoms with Crippen LogP contribution in [0.4, 0.5) is 0 Å². The van der Waals surface area contributed by atoms with Gasteiger partial charge in [0.15, 0.2) is 0 Å². The summed E-state index contributed by atoms with van der Waals surface area (Å²) in [6.45, 7) is 4.47. The number of benzene rings is 1. The van der Waals surface area contributed by atoms with Crippen LogP contribution in [0.25, 0.3) is 0 Å². The first kappa shape index (κ1) is 13.4. The van der Waals surface area contributed by atoms with Gasteiger partial charge in [-0.05, 0) is 38.6 Å². The molecular formula is C13H21NOS. The largest absolute Gasteiger partial charge is 0.497 e. The zero-order chi connectivity index (χ0) is 12.0. The van der Waals surface area contributed by atoms with Crippen molar-refractivity contribution in [3.05, 3.63) is 24.3 Å². The Bertz CT molecular complexity index is 317. The minimum absolute atomic E-state index is 0.563. The predicted octanol–water partition coefficient (Wildman–Crippen LogP) is 3.17. The molecule has 0 fully saturated rings. The van der Waals surface area contributed by atoms with Gasteiger partial charge in [-0.25, -0.2) is 0 Å². The van der Waals surface area contributed by atoms with Crippen LogP contribution in [0.3, 0.4) is 0 Å². The smallest absolute Gasteiger partial charge is 0.119 e. The van der Waals surface area contributed by atoms with Crippen LogP contribution in [0.2, 0.25) is 0 Å². The molecule has 1 rings (SSSR count). The summed E-state index contributed by atoms with van der Waals surface area (Å²) in [4.78, 5) is 1.27. The predicted molar refractivity (Wildman–Crippen MR) is 71.5 cm³/mol. The van der Waals surface area contributed by atoms with Gasteiger partial charge in [-0.15, -0.1) is 11.8 Å². The van der Waals surface area contributed by atoms with Gasteiger partial charge in [-0.1, -0.05) is 13.0 Å². The molecule has 3 heteroatoms. The van der Waals surface area contributed by atoms with Gasteiger partial charge in [-0.2, -0.15) is 0 Å². The molecule has 0 bridgehead atoms. The maximum absolute atomic E-state index is 5.21. The van der Waals surface area contributed by atoms with Crippen LogP contribution in [-0.4, -0.2) is 25.4 Å². The van der Waals surface area contributed by atoms with Crippen LogP contribution in [-0.2, 0) is 0 Å². The summed E-state index contributed by atoms with van der Waals surface area (Å²) < 4.78 is 5.21. The number of nitrogens with one attached hydrogen (secondary N) is 1. The molecule has 16 heavy (non-hydrogen) atoms. The summed E-state index contributed by atoms with van der Waals surface area (Å²) in [6.07, 6.45) is 1.17. The second-order valence-electron chi connectivity index (χ2n) is 4.03. The van der Waals surface area contributed by atoms with Crippen molar-refractivity contribution in [3.63, 3.8) is 0 Å². The second-order valence-corrected chi connectivity index (χ2v) is 5.54. The zero-order valence-corrected chi connectivity index (χ0v) is 11.3. The summed E-state index contributed by atoms with van der Waals surface area (Å²) >= 11 is 1.90. The Hall–Kier alpha value is -0.670. The lowest BCUT2D eigenvalue weighted by atomic mass is 10.2. The Morgan fingerprint density at radius 1 is 1.38 bits per heavy atom. The van der Waals surface area contributed by atoms with E-state index in [0.717, 1.165) is 5.75 Å². The Morgan fingerprint density at radius 2 is 2.12 bits per heavy atom. The number of hydrogen-bond acceptors (Lipinski definition) is 3. The molecule has 0 aliphatic carbocycles. The highest BCUT2D eigenvalue weighted by molar-refractivity contribution is 7.99. The molecule has 2 atom stereocenters. The number of thioether (sulfide) groups is 1. The van der Waals surface area contributed by atoms with Crippen molar-refractivity contribution in [2.75, 3.05) is 14.2 Å². The van der Waals surface area contributed by atoms with Crippen LogP contribution in [0.5, 0.6) is 5.75 Å². The van der Waals surface area contributed by atoms with Gasteiger partial charge in [0, 0.05) is 16.2 Å². The first-order chi connectivity index (χ1) is 7.65. The lowest BCUT2D eigenvalue weighted by Crippen LogP contribution is -2.24. The summed E-state index contributed by atoms with van der Waals surface area (Å²) in [7, 11) is 3.71. The van der Waals surface area contributed by atoms with Crippen molar-refractivity contribution >= 4 is 11.8 Å². The Balaban J connectivity index is 2.51. The highest BCUT2D eigenvalue weighted by atomic mass is 32.2. The van der Waals surface area contributed by atoms with Gasteiger partial charge in [0.2, 0.25) is 0 Å². The SMILES string of the molecule is CNC(C)CC(C)Sc1cccc(OC)c1. The fourth-order valence-corrected chi connectivity index (χ4v) is 2.76.